The van der Waals surface area contributed by atoms with Crippen LogP contribution in [0.4, 0.5) is 0 Å². The van der Waals surface area contributed by atoms with Crippen LogP contribution in [-0.4, -0.2) is 28.4 Å². The summed E-state index contributed by atoms with van der Waals surface area (Å²) in [6.07, 6.45) is 10.9. The Balaban J connectivity index is 1.82. The van der Waals surface area contributed by atoms with Crippen LogP contribution in [0.15, 0.2) is 22.9 Å². The number of amides is 1. The summed E-state index contributed by atoms with van der Waals surface area (Å²) in [5.41, 5.74) is 0.709. The Bertz CT molecular complexity index is 475. The number of carbonyl (C=O) groups excluding carboxylic acids is 1. The maximum Gasteiger partial charge on any atom is 0.255 e. The number of likely N-dealkylation sites (tertiary alicyclic amines) is 1. The third-order valence-electron chi connectivity index (χ3n) is 4.46. The fourth-order valence-electron chi connectivity index (χ4n) is 3.57. The van der Waals surface area contributed by atoms with Crippen molar-refractivity contribution in [1.29, 1.82) is 0 Å². The average molecular weight is 323 g/mol. The lowest BCUT2D eigenvalue weighted by Gasteiger charge is -2.44. The zero-order chi connectivity index (χ0) is 13.2. The van der Waals surface area contributed by atoms with Crippen LogP contribution < -0.4 is 0 Å². The summed E-state index contributed by atoms with van der Waals surface area (Å²) in [7, 11) is 0. The molecule has 2 aliphatic rings. The maximum absolute atomic E-state index is 12.7. The van der Waals surface area contributed by atoms with E-state index in [1.807, 2.05) is 6.07 Å². The molecule has 0 spiro atoms. The number of halogens is 1. The molecule has 3 nitrogen and oxygen atoms in total. The maximum atomic E-state index is 12.7. The SMILES string of the molecule is O=C(c1cncc(Br)c1)N1CCCC2CCCCC21. The fourth-order valence-corrected chi connectivity index (χ4v) is 3.94. The second-order valence-electron chi connectivity index (χ2n) is 5.64. The van der Waals surface area contributed by atoms with Gasteiger partial charge in [0, 0.05) is 29.5 Å². The minimum Gasteiger partial charge on any atom is -0.335 e. The van der Waals surface area contributed by atoms with Gasteiger partial charge in [0.15, 0.2) is 0 Å². The van der Waals surface area contributed by atoms with E-state index >= 15 is 0 Å². The van der Waals surface area contributed by atoms with Gasteiger partial charge in [-0.3, -0.25) is 9.78 Å². The Hall–Kier alpha value is -0.900. The number of hydrogen-bond acceptors (Lipinski definition) is 2. The van der Waals surface area contributed by atoms with Crippen molar-refractivity contribution >= 4 is 21.8 Å². The minimum atomic E-state index is 0.158. The molecule has 19 heavy (non-hydrogen) atoms. The van der Waals surface area contributed by atoms with E-state index in [0.29, 0.717) is 11.6 Å². The van der Waals surface area contributed by atoms with E-state index in [-0.39, 0.29) is 5.91 Å². The molecule has 1 aliphatic heterocycles. The van der Waals surface area contributed by atoms with Crippen molar-refractivity contribution in [2.45, 2.75) is 44.6 Å². The zero-order valence-corrected chi connectivity index (χ0v) is 12.6. The molecule has 2 heterocycles. The highest BCUT2D eigenvalue weighted by atomic mass is 79.9. The number of hydrogen-bond donors (Lipinski definition) is 0. The van der Waals surface area contributed by atoms with Gasteiger partial charge in [0.25, 0.3) is 5.91 Å². The Labute approximate surface area is 122 Å². The van der Waals surface area contributed by atoms with Gasteiger partial charge in [-0.05, 0) is 53.6 Å². The van der Waals surface area contributed by atoms with E-state index in [4.69, 9.17) is 0 Å². The largest absolute Gasteiger partial charge is 0.335 e. The van der Waals surface area contributed by atoms with Crippen LogP contribution >= 0.6 is 15.9 Å². The van der Waals surface area contributed by atoms with Gasteiger partial charge in [0.05, 0.1) is 5.56 Å². The molecule has 1 saturated heterocycles. The Kier molecular flexibility index (Phi) is 3.87. The summed E-state index contributed by atoms with van der Waals surface area (Å²) < 4.78 is 0.871. The van der Waals surface area contributed by atoms with Crippen LogP contribution in [0.25, 0.3) is 0 Å². The van der Waals surface area contributed by atoms with Crippen molar-refractivity contribution in [2.75, 3.05) is 6.54 Å². The minimum absolute atomic E-state index is 0.158. The molecule has 1 aliphatic carbocycles. The lowest BCUT2D eigenvalue weighted by Crippen LogP contribution is -2.49. The normalized spacial score (nSPS) is 26.9. The number of fused-ring (bicyclic) bond motifs is 1. The van der Waals surface area contributed by atoms with Crippen LogP contribution in [0.3, 0.4) is 0 Å². The highest BCUT2D eigenvalue weighted by molar-refractivity contribution is 9.10. The van der Waals surface area contributed by atoms with Crippen molar-refractivity contribution in [2.24, 2.45) is 5.92 Å². The van der Waals surface area contributed by atoms with E-state index in [9.17, 15) is 4.79 Å². The molecule has 1 aromatic rings. The lowest BCUT2D eigenvalue weighted by molar-refractivity contribution is 0.0390. The van der Waals surface area contributed by atoms with Crippen molar-refractivity contribution < 1.29 is 4.79 Å². The fraction of sp³-hybridized carbons (Fsp3) is 0.600. The second-order valence-corrected chi connectivity index (χ2v) is 6.56. The van der Waals surface area contributed by atoms with E-state index in [1.165, 1.54) is 32.1 Å². The second kappa shape index (κ2) is 5.61. The first-order valence-corrected chi connectivity index (χ1v) is 7.96. The topological polar surface area (TPSA) is 33.2 Å². The monoisotopic (exact) mass is 322 g/mol. The zero-order valence-electron chi connectivity index (χ0n) is 11.0. The van der Waals surface area contributed by atoms with Gasteiger partial charge in [0.2, 0.25) is 0 Å². The molecule has 3 rings (SSSR count). The third kappa shape index (κ3) is 2.69. The third-order valence-corrected chi connectivity index (χ3v) is 4.89. The molecule has 1 aromatic heterocycles. The van der Waals surface area contributed by atoms with Crippen molar-refractivity contribution in [3.05, 3.63) is 28.5 Å². The van der Waals surface area contributed by atoms with E-state index < -0.39 is 0 Å². The van der Waals surface area contributed by atoms with Crippen LogP contribution in [0.5, 0.6) is 0 Å². The highest BCUT2D eigenvalue weighted by Crippen LogP contribution is 2.35. The molecule has 0 N–H and O–H groups in total. The van der Waals surface area contributed by atoms with Gasteiger partial charge < -0.3 is 4.90 Å². The van der Waals surface area contributed by atoms with Crippen molar-refractivity contribution in [1.82, 2.24) is 9.88 Å². The van der Waals surface area contributed by atoms with Gasteiger partial charge in [-0.15, -0.1) is 0 Å². The molecule has 2 fully saturated rings. The van der Waals surface area contributed by atoms with Gasteiger partial charge in [-0.2, -0.15) is 0 Å². The smallest absolute Gasteiger partial charge is 0.255 e. The number of rotatable bonds is 1. The van der Waals surface area contributed by atoms with Crippen LogP contribution in [0.2, 0.25) is 0 Å². The van der Waals surface area contributed by atoms with E-state index in [2.05, 4.69) is 25.8 Å². The number of carbonyl (C=O) groups is 1. The van der Waals surface area contributed by atoms with Gasteiger partial charge >= 0.3 is 0 Å². The predicted octanol–water partition coefficient (Wildman–Crippen LogP) is 3.64. The lowest BCUT2D eigenvalue weighted by atomic mass is 9.78. The Morgan fingerprint density at radius 1 is 1.21 bits per heavy atom. The van der Waals surface area contributed by atoms with Gasteiger partial charge in [0.1, 0.15) is 0 Å². The van der Waals surface area contributed by atoms with E-state index in [0.717, 1.165) is 23.4 Å². The molecule has 0 aromatic carbocycles. The highest BCUT2D eigenvalue weighted by Gasteiger charge is 2.35. The molecule has 2 unspecified atom stereocenters. The standard InChI is InChI=1S/C15H19BrN2O/c16-13-8-12(9-17-10-13)15(19)18-7-3-5-11-4-1-2-6-14(11)18/h8-11,14H,1-7H2. The van der Waals surface area contributed by atoms with E-state index in [1.54, 1.807) is 12.4 Å². The summed E-state index contributed by atoms with van der Waals surface area (Å²) in [4.78, 5) is 18.9. The quantitative estimate of drug-likeness (QED) is 0.790. The molecule has 1 amide bonds. The summed E-state index contributed by atoms with van der Waals surface area (Å²) in [5, 5.41) is 0. The van der Waals surface area contributed by atoms with Crippen LogP contribution in [-0.2, 0) is 0 Å². The van der Waals surface area contributed by atoms with Crippen molar-refractivity contribution in [3.63, 3.8) is 0 Å². The molecule has 2 atom stereocenters. The molecular weight excluding hydrogens is 304 g/mol. The summed E-state index contributed by atoms with van der Waals surface area (Å²) in [6.45, 7) is 0.909. The Morgan fingerprint density at radius 2 is 2.00 bits per heavy atom. The Morgan fingerprint density at radius 3 is 2.84 bits per heavy atom. The summed E-state index contributed by atoms with van der Waals surface area (Å²) in [6, 6.07) is 2.34. The van der Waals surface area contributed by atoms with Gasteiger partial charge in [-0.1, -0.05) is 12.8 Å². The van der Waals surface area contributed by atoms with Gasteiger partial charge in [-0.25, -0.2) is 0 Å². The number of piperidine rings is 1. The molecule has 102 valence electrons. The summed E-state index contributed by atoms with van der Waals surface area (Å²) >= 11 is 3.39. The first-order chi connectivity index (χ1) is 9.25. The van der Waals surface area contributed by atoms with Crippen LogP contribution in [0, 0.1) is 5.92 Å². The molecule has 4 heteroatoms. The first-order valence-electron chi connectivity index (χ1n) is 7.17. The molecule has 0 radical (unpaired) electrons. The molecule has 1 saturated carbocycles. The first kappa shape index (κ1) is 13.1. The summed E-state index contributed by atoms with van der Waals surface area (Å²) in [5.74, 6) is 0.886. The molecule has 0 bridgehead atoms. The molecular formula is C15H19BrN2O. The van der Waals surface area contributed by atoms with Crippen LogP contribution in [0.1, 0.15) is 48.9 Å². The number of aromatic nitrogens is 1. The number of nitrogens with zero attached hydrogens (tertiary/aromatic N) is 2. The average Bonchev–Trinajstić information content (AvgIpc) is 2.46. The number of pyridine rings is 1. The predicted molar refractivity (Wildman–Crippen MR) is 78.0 cm³/mol. The van der Waals surface area contributed by atoms with Crippen molar-refractivity contribution in [3.8, 4) is 0 Å².